The molecule has 1 aliphatic rings. The van der Waals surface area contributed by atoms with Crippen LogP contribution in [-0.4, -0.2) is 65.0 Å². The standard InChI is InChI=1S/C7H14O7/c1-12-2-3-4(8)5(9)6(14-11)7(10)13-3/h3-11H,2H2,1H3/t3-,4-,5+,6-,7-/m1/s1. The quantitative estimate of drug-likeness (QED) is 0.313. The van der Waals surface area contributed by atoms with Gasteiger partial charge in [0, 0.05) is 7.11 Å². The highest BCUT2D eigenvalue weighted by molar-refractivity contribution is 4.88. The molecular formula is C7H14O7. The van der Waals surface area contributed by atoms with E-state index < -0.39 is 30.7 Å². The van der Waals surface area contributed by atoms with Crippen LogP contribution in [0.4, 0.5) is 0 Å². The second-order valence-corrected chi connectivity index (χ2v) is 3.07. The monoisotopic (exact) mass is 210 g/mol. The second kappa shape index (κ2) is 4.99. The van der Waals surface area contributed by atoms with Gasteiger partial charge in [-0.15, -0.1) is 0 Å². The molecule has 84 valence electrons. The molecule has 0 aromatic heterocycles. The summed E-state index contributed by atoms with van der Waals surface area (Å²) >= 11 is 0. The molecule has 4 N–H and O–H groups in total. The first-order valence-corrected chi connectivity index (χ1v) is 4.10. The van der Waals surface area contributed by atoms with Gasteiger partial charge in [-0.2, -0.15) is 0 Å². The van der Waals surface area contributed by atoms with Gasteiger partial charge in [-0.25, -0.2) is 4.89 Å². The summed E-state index contributed by atoms with van der Waals surface area (Å²) in [6.07, 6.45) is -6.44. The summed E-state index contributed by atoms with van der Waals surface area (Å²) in [7, 11) is 1.39. The van der Waals surface area contributed by atoms with Crippen LogP contribution in [0.2, 0.25) is 0 Å². The van der Waals surface area contributed by atoms with Crippen molar-refractivity contribution in [2.45, 2.75) is 30.7 Å². The summed E-state index contributed by atoms with van der Waals surface area (Å²) in [5, 5.41) is 36.3. The SMILES string of the molecule is COC[C@H]1O[C@@H](O)[C@H](OO)[C@@H](O)[C@@H]1O. The molecule has 7 nitrogen and oxygen atoms in total. The van der Waals surface area contributed by atoms with Gasteiger partial charge in [0.25, 0.3) is 0 Å². The van der Waals surface area contributed by atoms with Crippen molar-refractivity contribution in [3.63, 3.8) is 0 Å². The molecule has 0 saturated carbocycles. The van der Waals surface area contributed by atoms with Crippen molar-refractivity contribution in [3.8, 4) is 0 Å². The molecule has 0 radical (unpaired) electrons. The van der Waals surface area contributed by atoms with Gasteiger partial charge in [0.15, 0.2) is 12.4 Å². The highest BCUT2D eigenvalue weighted by Crippen LogP contribution is 2.21. The lowest BCUT2D eigenvalue weighted by Gasteiger charge is -2.38. The molecule has 5 atom stereocenters. The van der Waals surface area contributed by atoms with Crippen molar-refractivity contribution in [1.29, 1.82) is 0 Å². The lowest BCUT2D eigenvalue weighted by molar-refractivity contribution is -0.381. The maximum atomic E-state index is 9.43. The number of aliphatic hydroxyl groups is 3. The van der Waals surface area contributed by atoms with Crippen LogP contribution in [0.15, 0.2) is 0 Å². The van der Waals surface area contributed by atoms with Crippen LogP contribution in [0.3, 0.4) is 0 Å². The minimum Gasteiger partial charge on any atom is -0.387 e. The summed E-state index contributed by atoms with van der Waals surface area (Å²) in [5.41, 5.74) is 0. The molecular weight excluding hydrogens is 196 g/mol. The predicted octanol–water partition coefficient (Wildman–Crippen LogP) is -2.07. The number of ether oxygens (including phenoxy) is 2. The summed E-state index contributed by atoms with van der Waals surface area (Å²) in [6, 6.07) is 0. The Morgan fingerprint density at radius 3 is 2.36 bits per heavy atom. The van der Waals surface area contributed by atoms with Crippen molar-refractivity contribution >= 4 is 0 Å². The Hall–Kier alpha value is -0.280. The molecule has 0 amide bonds. The fourth-order valence-corrected chi connectivity index (χ4v) is 1.34. The van der Waals surface area contributed by atoms with E-state index in [-0.39, 0.29) is 6.61 Å². The molecule has 14 heavy (non-hydrogen) atoms. The number of rotatable bonds is 3. The number of hydrogen-bond acceptors (Lipinski definition) is 7. The number of aliphatic hydroxyl groups excluding tert-OH is 3. The Labute approximate surface area is 80.4 Å². The average Bonchev–Trinajstić information content (AvgIpc) is 2.15. The molecule has 0 aromatic rings. The molecule has 0 bridgehead atoms. The number of hydrogen-bond donors (Lipinski definition) is 4. The third-order valence-electron chi connectivity index (χ3n) is 2.12. The van der Waals surface area contributed by atoms with Crippen LogP contribution in [0.5, 0.6) is 0 Å². The minimum atomic E-state index is -1.50. The van der Waals surface area contributed by atoms with E-state index in [0.717, 1.165) is 0 Å². The topological polar surface area (TPSA) is 109 Å². The molecule has 0 aliphatic carbocycles. The Morgan fingerprint density at radius 2 is 1.86 bits per heavy atom. The van der Waals surface area contributed by atoms with Gasteiger partial charge in [0.1, 0.15) is 18.3 Å². The zero-order valence-corrected chi connectivity index (χ0v) is 7.61. The van der Waals surface area contributed by atoms with Gasteiger partial charge < -0.3 is 24.8 Å². The molecule has 0 aromatic carbocycles. The van der Waals surface area contributed by atoms with E-state index in [9.17, 15) is 15.3 Å². The summed E-state index contributed by atoms with van der Waals surface area (Å²) in [4.78, 5) is 3.79. The highest BCUT2D eigenvalue weighted by Gasteiger charge is 2.44. The van der Waals surface area contributed by atoms with Crippen molar-refractivity contribution in [1.82, 2.24) is 0 Å². The van der Waals surface area contributed by atoms with Gasteiger partial charge in [0.05, 0.1) is 6.61 Å². The Morgan fingerprint density at radius 1 is 1.21 bits per heavy atom. The largest absolute Gasteiger partial charge is 0.387 e. The molecule has 1 fully saturated rings. The Balaban J connectivity index is 2.62. The zero-order chi connectivity index (χ0) is 10.7. The first kappa shape index (κ1) is 11.8. The molecule has 7 heteroatoms. The lowest BCUT2D eigenvalue weighted by Crippen LogP contribution is -2.59. The predicted molar refractivity (Wildman–Crippen MR) is 42.3 cm³/mol. The van der Waals surface area contributed by atoms with Crippen LogP contribution >= 0.6 is 0 Å². The van der Waals surface area contributed by atoms with E-state index in [1.54, 1.807) is 0 Å². The van der Waals surface area contributed by atoms with Gasteiger partial charge in [0.2, 0.25) is 0 Å². The van der Waals surface area contributed by atoms with Crippen molar-refractivity contribution in [2.24, 2.45) is 0 Å². The van der Waals surface area contributed by atoms with Crippen molar-refractivity contribution in [3.05, 3.63) is 0 Å². The van der Waals surface area contributed by atoms with E-state index in [2.05, 4.69) is 4.89 Å². The molecule has 0 spiro atoms. The van der Waals surface area contributed by atoms with E-state index in [1.807, 2.05) is 0 Å². The Bertz CT molecular complexity index is 173. The third-order valence-corrected chi connectivity index (χ3v) is 2.12. The second-order valence-electron chi connectivity index (χ2n) is 3.07. The van der Waals surface area contributed by atoms with Crippen LogP contribution in [-0.2, 0) is 14.4 Å². The maximum Gasteiger partial charge on any atom is 0.187 e. The first-order chi connectivity index (χ1) is 6.61. The molecule has 1 heterocycles. The fourth-order valence-electron chi connectivity index (χ4n) is 1.34. The van der Waals surface area contributed by atoms with Crippen LogP contribution in [0.1, 0.15) is 0 Å². The molecule has 1 saturated heterocycles. The van der Waals surface area contributed by atoms with Gasteiger partial charge in [-0.1, -0.05) is 0 Å². The van der Waals surface area contributed by atoms with E-state index in [1.165, 1.54) is 7.11 Å². The molecule has 0 unspecified atom stereocenters. The summed E-state index contributed by atoms with van der Waals surface area (Å²) in [5.74, 6) is 0. The van der Waals surface area contributed by atoms with Crippen LogP contribution in [0, 0.1) is 0 Å². The zero-order valence-electron chi connectivity index (χ0n) is 7.61. The summed E-state index contributed by atoms with van der Waals surface area (Å²) in [6.45, 7) is 0.0213. The minimum absolute atomic E-state index is 0.0213. The van der Waals surface area contributed by atoms with Crippen LogP contribution < -0.4 is 0 Å². The van der Waals surface area contributed by atoms with Crippen LogP contribution in [0.25, 0.3) is 0 Å². The normalized spacial score (nSPS) is 43.9. The average molecular weight is 210 g/mol. The van der Waals surface area contributed by atoms with Gasteiger partial charge in [-0.3, -0.25) is 5.26 Å². The Kier molecular flexibility index (Phi) is 4.20. The van der Waals surface area contributed by atoms with Crippen molar-refractivity contribution in [2.75, 3.05) is 13.7 Å². The van der Waals surface area contributed by atoms with E-state index in [4.69, 9.17) is 14.7 Å². The third kappa shape index (κ3) is 2.20. The highest BCUT2D eigenvalue weighted by atomic mass is 17.1. The van der Waals surface area contributed by atoms with E-state index >= 15 is 0 Å². The smallest absolute Gasteiger partial charge is 0.187 e. The maximum absolute atomic E-state index is 9.43. The lowest BCUT2D eigenvalue weighted by atomic mass is 9.99. The molecule has 1 rings (SSSR count). The van der Waals surface area contributed by atoms with Gasteiger partial charge in [-0.05, 0) is 0 Å². The van der Waals surface area contributed by atoms with E-state index in [0.29, 0.717) is 0 Å². The number of methoxy groups -OCH3 is 1. The molecule has 1 aliphatic heterocycles. The van der Waals surface area contributed by atoms with Gasteiger partial charge >= 0.3 is 0 Å². The summed E-state index contributed by atoms with van der Waals surface area (Å²) < 4.78 is 9.56. The first-order valence-electron chi connectivity index (χ1n) is 4.10. The fraction of sp³-hybridized carbons (Fsp3) is 1.00. The van der Waals surface area contributed by atoms with Crippen molar-refractivity contribution < 1.29 is 34.9 Å².